The zero-order valence-electron chi connectivity index (χ0n) is 16.5. The van der Waals surface area contributed by atoms with Crippen molar-refractivity contribution < 1.29 is 23.5 Å². The van der Waals surface area contributed by atoms with Gasteiger partial charge < -0.3 is 13.9 Å². The van der Waals surface area contributed by atoms with E-state index in [4.69, 9.17) is 13.9 Å². The number of anilines is 1. The van der Waals surface area contributed by atoms with Gasteiger partial charge in [0.15, 0.2) is 0 Å². The summed E-state index contributed by atoms with van der Waals surface area (Å²) in [7, 11) is 3.08. The van der Waals surface area contributed by atoms with Gasteiger partial charge in [0.25, 0.3) is 11.8 Å². The van der Waals surface area contributed by atoms with E-state index in [9.17, 15) is 9.59 Å². The van der Waals surface area contributed by atoms with Crippen molar-refractivity contribution in [3.05, 3.63) is 83.2 Å². The monoisotopic (exact) mass is 421 g/mol. The first-order valence-corrected chi connectivity index (χ1v) is 10.2. The van der Waals surface area contributed by atoms with E-state index in [1.807, 2.05) is 6.07 Å². The average Bonchev–Trinajstić information content (AvgIpc) is 3.38. The van der Waals surface area contributed by atoms with Gasteiger partial charge in [-0.1, -0.05) is 24.3 Å². The third-order valence-electron chi connectivity index (χ3n) is 4.68. The normalized spacial score (nSPS) is 13.9. The number of carbonyl (C=O) groups excluding carboxylic acids is 2. The number of rotatable bonds is 7. The number of methoxy groups -OCH3 is 2. The second kappa shape index (κ2) is 8.51. The van der Waals surface area contributed by atoms with Crippen LogP contribution < -0.4 is 14.4 Å². The van der Waals surface area contributed by atoms with E-state index in [2.05, 4.69) is 0 Å². The molecule has 0 saturated heterocycles. The van der Waals surface area contributed by atoms with Crippen LogP contribution in [0.25, 0.3) is 5.57 Å². The maximum atomic E-state index is 13.4. The van der Waals surface area contributed by atoms with E-state index in [1.165, 1.54) is 23.8 Å². The van der Waals surface area contributed by atoms with Gasteiger partial charge in [-0.3, -0.25) is 9.59 Å². The molecule has 0 saturated carbocycles. The molecule has 0 aliphatic carbocycles. The summed E-state index contributed by atoms with van der Waals surface area (Å²) in [5.41, 5.74) is 1.41. The lowest BCUT2D eigenvalue weighted by Gasteiger charge is -2.18. The topological polar surface area (TPSA) is 69.0 Å². The summed E-state index contributed by atoms with van der Waals surface area (Å²) in [4.78, 5) is 28.3. The van der Waals surface area contributed by atoms with Gasteiger partial charge in [0.05, 0.1) is 42.4 Å². The second-order valence-corrected chi connectivity index (χ2v) is 7.40. The van der Waals surface area contributed by atoms with Gasteiger partial charge >= 0.3 is 0 Å². The first kappa shape index (κ1) is 19.8. The minimum Gasteiger partial charge on any atom is -0.497 e. The number of thioether (sulfide) groups is 1. The maximum Gasteiger partial charge on any atom is 0.272 e. The number of amides is 2. The van der Waals surface area contributed by atoms with Crippen LogP contribution in [0.2, 0.25) is 0 Å². The summed E-state index contributed by atoms with van der Waals surface area (Å²) >= 11 is 1.28. The van der Waals surface area contributed by atoms with Gasteiger partial charge in [0.2, 0.25) is 0 Å². The number of nitrogens with zero attached hydrogens (tertiary/aromatic N) is 1. The van der Waals surface area contributed by atoms with Crippen molar-refractivity contribution >= 4 is 34.8 Å². The highest BCUT2D eigenvalue weighted by Crippen LogP contribution is 2.42. The van der Waals surface area contributed by atoms with Gasteiger partial charge in [-0.05, 0) is 42.0 Å². The minimum atomic E-state index is -0.392. The van der Waals surface area contributed by atoms with Crippen LogP contribution in [-0.4, -0.2) is 26.0 Å². The minimum absolute atomic E-state index is 0.352. The van der Waals surface area contributed by atoms with Crippen molar-refractivity contribution in [2.45, 2.75) is 5.75 Å². The van der Waals surface area contributed by atoms with Gasteiger partial charge in [-0.2, -0.15) is 0 Å². The molecular weight excluding hydrogens is 402 g/mol. The highest BCUT2D eigenvalue weighted by Gasteiger charge is 2.41. The van der Waals surface area contributed by atoms with Crippen molar-refractivity contribution in [2.75, 3.05) is 19.1 Å². The van der Waals surface area contributed by atoms with E-state index in [0.717, 1.165) is 5.76 Å². The van der Waals surface area contributed by atoms with E-state index in [0.29, 0.717) is 39.0 Å². The van der Waals surface area contributed by atoms with Gasteiger partial charge in [-0.25, -0.2) is 4.90 Å². The summed E-state index contributed by atoms with van der Waals surface area (Å²) in [6.07, 6.45) is 1.58. The van der Waals surface area contributed by atoms with Crippen LogP contribution in [0, 0.1) is 0 Å². The molecule has 1 aliphatic rings. The Bertz CT molecular complexity index is 1100. The molecule has 30 heavy (non-hydrogen) atoms. The molecule has 0 atom stereocenters. The van der Waals surface area contributed by atoms with Crippen LogP contribution in [0.5, 0.6) is 11.5 Å². The number of carbonyl (C=O) groups is 2. The van der Waals surface area contributed by atoms with Crippen LogP contribution in [-0.2, 0) is 15.3 Å². The molecule has 0 N–H and O–H groups in total. The molecule has 0 radical (unpaired) electrons. The number of ether oxygens (including phenoxy) is 2. The predicted octanol–water partition coefficient (Wildman–Crippen LogP) is 4.51. The summed E-state index contributed by atoms with van der Waals surface area (Å²) in [5, 5.41) is 0. The smallest absolute Gasteiger partial charge is 0.272 e. The SMILES string of the molecule is COc1ccc(C2=C(SCc3ccco3)C(=O)N(c3ccccc3OC)C2=O)cc1. The predicted molar refractivity (Wildman–Crippen MR) is 115 cm³/mol. The molecule has 2 amide bonds. The zero-order chi connectivity index (χ0) is 21.1. The Kier molecular flexibility index (Phi) is 5.63. The number of hydrogen-bond donors (Lipinski definition) is 0. The highest BCUT2D eigenvalue weighted by molar-refractivity contribution is 8.03. The van der Waals surface area contributed by atoms with Crippen molar-refractivity contribution in [2.24, 2.45) is 0 Å². The summed E-state index contributed by atoms with van der Waals surface area (Å²) in [5.74, 6) is 1.50. The Hall–Kier alpha value is -3.45. The molecular formula is C23H19NO5S. The van der Waals surface area contributed by atoms with Crippen LogP contribution in [0.3, 0.4) is 0 Å². The Balaban J connectivity index is 1.77. The molecule has 0 bridgehead atoms. The van der Waals surface area contributed by atoms with E-state index in [-0.39, 0.29) is 5.91 Å². The van der Waals surface area contributed by atoms with Crippen molar-refractivity contribution in [3.8, 4) is 11.5 Å². The fourth-order valence-electron chi connectivity index (χ4n) is 3.23. The molecule has 7 heteroatoms. The third kappa shape index (κ3) is 3.59. The van der Waals surface area contributed by atoms with Crippen molar-refractivity contribution in [1.29, 1.82) is 0 Å². The van der Waals surface area contributed by atoms with Crippen LogP contribution in [0.15, 0.2) is 76.2 Å². The van der Waals surface area contributed by atoms with Crippen molar-refractivity contribution in [3.63, 3.8) is 0 Å². The molecule has 1 aromatic heterocycles. The molecule has 1 aliphatic heterocycles. The second-order valence-electron chi connectivity index (χ2n) is 6.42. The zero-order valence-corrected chi connectivity index (χ0v) is 17.3. The first-order valence-electron chi connectivity index (χ1n) is 9.19. The number of hydrogen-bond acceptors (Lipinski definition) is 6. The standard InChI is InChI=1S/C23H19NO5S/c1-27-16-11-9-15(10-12-16)20-21(30-14-17-6-5-13-29-17)23(26)24(22(20)25)18-7-3-4-8-19(18)28-2/h3-13H,14H2,1-2H3. The molecule has 3 aromatic rings. The fraction of sp³-hybridized carbons (Fsp3) is 0.130. The quantitative estimate of drug-likeness (QED) is 0.523. The average molecular weight is 421 g/mol. The molecule has 2 aromatic carbocycles. The van der Waals surface area contributed by atoms with Crippen LogP contribution >= 0.6 is 11.8 Å². The Labute approximate surface area is 178 Å². The third-order valence-corrected chi connectivity index (χ3v) is 5.78. The number of para-hydroxylation sites is 2. The molecule has 4 rings (SSSR count). The lowest BCUT2D eigenvalue weighted by molar-refractivity contribution is -0.119. The van der Waals surface area contributed by atoms with Crippen LogP contribution in [0.4, 0.5) is 5.69 Å². The molecule has 0 fully saturated rings. The molecule has 0 unspecified atom stereocenters. The summed E-state index contributed by atoms with van der Waals surface area (Å²) in [6.45, 7) is 0. The van der Waals surface area contributed by atoms with Crippen molar-refractivity contribution in [1.82, 2.24) is 0 Å². The van der Waals surface area contributed by atoms with E-state index in [1.54, 1.807) is 68.0 Å². The molecule has 6 nitrogen and oxygen atoms in total. The lowest BCUT2D eigenvalue weighted by atomic mass is 10.1. The van der Waals surface area contributed by atoms with Gasteiger partial charge in [0, 0.05) is 0 Å². The molecule has 0 spiro atoms. The largest absolute Gasteiger partial charge is 0.497 e. The Morgan fingerprint density at radius 1 is 0.900 bits per heavy atom. The van der Waals surface area contributed by atoms with Gasteiger partial charge in [0.1, 0.15) is 17.3 Å². The number of furan rings is 1. The highest BCUT2D eigenvalue weighted by atomic mass is 32.2. The molecule has 2 heterocycles. The fourth-order valence-corrected chi connectivity index (χ4v) is 4.24. The summed E-state index contributed by atoms with van der Waals surface area (Å²) in [6, 6.07) is 17.7. The first-order chi connectivity index (χ1) is 14.6. The van der Waals surface area contributed by atoms with E-state index < -0.39 is 5.91 Å². The summed E-state index contributed by atoms with van der Waals surface area (Å²) < 4.78 is 16.0. The van der Waals surface area contributed by atoms with Crippen LogP contribution in [0.1, 0.15) is 11.3 Å². The lowest BCUT2D eigenvalue weighted by Crippen LogP contribution is -2.31. The Morgan fingerprint density at radius 3 is 2.33 bits per heavy atom. The maximum absolute atomic E-state index is 13.4. The van der Waals surface area contributed by atoms with E-state index >= 15 is 0 Å². The van der Waals surface area contributed by atoms with Gasteiger partial charge in [-0.15, -0.1) is 11.8 Å². The molecule has 152 valence electrons. The number of benzene rings is 2. The Morgan fingerprint density at radius 2 is 1.67 bits per heavy atom. The number of imide groups is 1.